The van der Waals surface area contributed by atoms with E-state index in [-0.39, 0.29) is 11.3 Å². The van der Waals surface area contributed by atoms with Gasteiger partial charge in [0.1, 0.15) is 0 Å². The van der Waals surface area contributed by atoms with Crippen LogP contribution in [-0.4, -0.2) is 44.5 Å². The van der Waals surface area contributed by atoms with Gasteiger partial charge in [-0.1, -0.05) is 12.8 Å². The predicted octanol–water partition coefficient (Wildman–Crippen LogP) is 1.59. The van der Waals surface area contributed by atoms with Crippen LogP contribution >= 0.6 is 0 Å². The van der Waals surface area contributed by atoms with Gasteiger partial charge in [-0.2, -0.15) is 0 Å². The van der Waals surface area contributed by atoms with Crippen molar-refractivity contribution in [3.63, 3.8) is 0 Å². The molecule has 6 heteroatoms. The Morgan fingerprint density at radius 3 is 2.64 bits per heavy atom. The third kappa shape index (κ3) is 3.81. The number of hydrogen-bond acceptors (Lipinski definition) is 3. The third-order valence-corrected chi connectivity index (χ3v) is 4.28. The topological polar surface area (TPSA) is 69.9 Å². The van der Waals surface area contributed by atoms with Crippen LogP contribution in [0.5, 0.6) is 0 Å². The zero-order valence-electron chi connectivity index (χ0n) is 13.7. The molecule has 0 aliphatic heterocycles. The summed E-state index contributed by atoms with van der Waals surface area (Å²) >= 11 is 0. The van der Waals surface area contributed by atoms with Gasteiger partial charge in [0.15, 0.2) is 5.96 Å². The predicted molar refractivity (Wildman–Crippen MR) is 86.5 cm³/mol. The van der Waals surface area contributed by atoms with E-state index >= 15 is 0 Å². The quantitative estimate of drug-likeness (QED) is 0.640. The molecule has 0 spiro atoms. The third-order valence-electron chi connectivity index (χ3n) is 4.28. The van der Waals surface area contributed by atoms with E-state index in [2.05, 4.69) is 15.6 Å². The summed E-state index contributed by atoms with van der Waals surface area (Å²) in [5.74, 6) is 0.918. The summed E-state index contributed by atoms with van der Waals surface area (Å²) in [6.07, 6.45) is 7.46. The van der Waals surface area contributed by atoms with E-state index in [0.717, 1.165) is 31.2 Å². The van der Waals surface area contributed by atoms with Gasteiger partial charge in [0.25, 0.3) is 0 Å². The number of furan rings is 1. The maximum Gasteiger partial charge on any atom is 0.230 e. The van der Waals surface area contributed by atoms with E-state index in [4.69, 9.17) is 4.42 Å². The van der Waals surface area contributed by atoms with E-state index in [9.17, 15) is 4.79 Å². The first-order valence-corrected chi connectivity index (χ1v) is 7.75. The second kappa shape index (κ2) is 7.33. The van der Waals surface area contributed by atoms with Gasteiger partial charge in [-0.15, -0.1) is 0 Å². The first kappa shape index (κ1) is 16.4. The van der Waals surface area contributed by atoms with Crippen molar-refractivity contribution in [1.29, 1.82) is 0 Å². The Kier molecular flexibility index (Phi) is 5.46. The van der Waals surface area contributed by atoms with Gasteiger partial charge in [-0.3, -0.25) is 9.79 Å². The van der Waals surface area contributed by atoms with Crippen LogP contribution in [0, 0.1) is 5.41 Å². The molecule has 2 N–H and O–H groups in total. The van der Waals surface area contributed by atoms with Gasteiger partial charge in [0.2, 0.25) is 5.91 Å². The first-order chi connectivity index (χ1) is 10.6. The SMILES string of the molecule is CN=C(NCc1ccoc1)NCC1(C(=O)N(C)C)CCCC1. The lowest BCUT2D eigenvalue weighted by atomic mass is 9.84. The largest absolute Gasteiger partial charge is 0.472 e. The summed E-state index contributed by atoms with van der Waals surface area (Å²) in [6, 6.07) is 1.91. The molecule has 0 aromatic carbocycles. The number of rotatable bonds is 5. The van der Waals surface area contributed by atoms with E-state index in [1.54, 1.807) is 24.5 Å². The highest BCUT2D eigenvalue weighted by Gasteiger charge is 2.42. The Hall–Kier alpha value is -1.98. The van der Waals surface area contributed by atoms with Gasteiger partial charge in [0.05, 0.1) is 17.9 Å². The molecule has 22 heavy (non-hydrogen) atoms. The summed E-state index contributed by atoms with van der Waals surface area (Å²) in [7, 11) is 5.39. The number of aliphatic imine (C=N–C) groups is 1. The average Bonchev–Trinajstić information content (AvgIpc) is 3.18. The summed E-state index contributed by atoms with van der Waals surface area (Å²) in [4.78, 5) is 18.5. The summed E-state index contributed by atoms with van der Waals surface area (Å²) in [6.45, 7) is 1.26. The number of nitrogens with zero attached hydrogens (tertiary/aromatic N) is 2. The lowest BCUT2D eigenvalue weighted by Gasteiger charge is -2.31. The van der Waals surface area contributed by atoms with Crippen molar-refractivity contribution in [1.82, 2.24) is 15.5 Å². The zero-order valence-corrected chi connectivity index (χ0v) is 13.7. The van der Waals surface area contributed by atoms with Crippen molar-refractivity contribution in [2.45, 2.75) is 32.2 Å². The first-order valence-electron chi connectivity index (χ1n) is 7.75. The Balaban J connectivity index is 1.91. The molecule has 0 atom stereocenters. The molecule has 0 radical (unpaired) electrons. The molecule has 122 valence electrons. The molecule has 1 aliphatic rings. The molecule has 1 aliphatic carbocycles. The fourth-order valence-corrected chi connectivity index (χ4v) is 3.04. The molecule has 1 heterocycles. The highest BCUT2D eigenvalue weighted by molar-refractivity contribution is 5.85. The Bertz CT molecular complexity index is 502. The van der Waals surface area contributed by atoms with Crippen LogP contribution in [0.3, 0.4) is 0 Å². The van der Waals surface area contributed by atoms with Crippen LogP contribution in [0.2, 0.25) is 0 Å². The number of guanidine groups is 1. The number of carbonyl (C=O) groups is 1. The number of amides is 1. The lowest BCUT2D eigenvalue weighted by molar-refractivity contribution is -0.138. The molecule has 0 unspecified atom stereocenters. The minimum atomic E-state index is -0.295. The van der Waals surface area contributed by atoms with Gasteiger partial charge in [0, 0.05) is 39.8 Å². The molecule has 0 saturated heterocycles. The maximum atomic E-state index is 12.5. The monoisotopic (exact) mass is 306 g/mol. The number of carbonyl (C=O) groups excluding carboxylic acids is 1. The Labute approximate surface area is 132 Å². The maximum absolute atomic E-state index is 12.5. The average molecular weight is 306 g/mol. The minimum absolute atomic E-state index is 0.211. The van der Waals surface area contributed by atoms with E-state index in [1.165, 1.54) is 0 Å². The zero-order chi connectivity index (χ0) is 16.0. The van der Waals surface area contributed by atoms with Gasteiger partial charge < -0.3 is 20.0 Å². The lowest BCUT2D eigenvalue weighted by Crippen LogP contribution is -2.49. The molecular weight excluding hydrogens is 280 g/mol. The van der Waals surface area contributed by atoms with E-state index in [0.29, 0.717) is 19.0 Å². The van der Waals surface area contributed by atoms with Crippen LogP contribution in [0.25, 0.3) is 0 Å². The summed E-state index contributed by atoms with van der Waals surface area (Å²) in [5.41, 5.74) is 0.763. The summed E-state index contributed by atoms with van der Waals surface area (Å²) in [5, 5.41) is 6.55. The molecule has 2 rings (SSSR count). The second-order valence-corrected chi connectivity index (χ2v) is 6.10. The van der Waals surface area contributed by atoms with Crippen molar-refractivity contribution in [2.24, 2.45) is 10.4 Å². The molecule has 0 bridgehead atoms. The van der Waals surface area contributed by atoms with Crippen LogP contribution in [0.4, 0.5) is 0 Å². The molecule has 1 aromatic heterocycles. The molecule has 1 aromatic rings. The van der Waals surface area contributed by atoms with Crippen molar-refractivity contribution in [3.8, 4) is 0 Å². The van der Waals surface area contributed by atoms with E-state index in [1.807, 2.05) is 20.2 Å². The highest BCUT2D eigenvalue weighted by Crippen LogP contribution is 2.38. The van der Waals surface area contributed by atoms with Gasteiger partial charge in [-0.05, 0) is 18.9 Å². The van der Waals surface area contributed by atoms with Crippen LogP contribution in [-0.2, 0) is 11.3 Å². The smallest absolute Gasteiger partial charge is 0.230 e. The molecule has 1 amide bonds. The standard InChI is InChI=1S/C16H26N4O2/c1-17-15(18-10-13-6-9-22-11-13)19-12-16(7-4-5-8-16)14(21)20(2)3/h6,9,11H,4-5,7-8,10,12H2,1-3H3,(H2,17,18,19). The Morgan fingerprint density at radius 2 is 2.09 bits per heavy atom. The van der Waals surface area contributed by atoms with Crippen molar-refractivity contribution in [3.05, 3.63) is 24.2 Å². The van der Waals surface area contributed by atoms with Crippen molar-refractivity contribution >= 4 is 11.9 Å². The minimum Gasteiger partial charge on any atom is -0.472 e. The second-order valence-electron chi connectivity index (χ2n) is 6.10. The number of nitrogens with one attached hydrogen (secondary N) is 2. The summed E-state index contributed by atoms with van der Waals surface area (Å²) < 4.78 is 5.05. The molecule has 1 fully saturated rings. The number of hydrogen-bond donors (Lipinski definition) is 2. The van der Waals surface area contributed by atoms with Crippen LogP contribution < -0.4 is 10.6 Å². The van der Waals surface area contributed by atoms with Crippen LogP contribution in [0.15, 0.2) is 28.0 Å². The fourth-order valence-electron chi connectivity index (χ4n) is 3.04. The fraction of sp³-hybridized carbons (Fsp3) is 0.625. The molecular formula is C16H26N4O2. The van der Waals surface area contributed by atoms with Crippen LogP contribution in [0.1, 0.15) is 31.2 Å². The van der Waals surface area contributed by atoms with Crippen molar-refractivity contribution < 1.29 is 9.21 Å². The van der Waals surface area contributed by atoms with Crippen molar-refractivity contribution in [2.75, 3.05) is 27.7 Å². The highest BCUT2D eigenvalue weighted by atomic mass is 16.3. The van der Waals surface area contributed by atoms with Gasteiger partial charge >= 0.3 is 0 Å². The Morgan fingerprint density at radius 1 is 1.36 bits per heavy atom. The molecule has 6 nitrogen and oxygen atoms in total. The van der Waals surface area contributed by atoms with Gasteiger partial charge in [-0.25, -0.2) is 0 Å². The molecule has 1 saturated carbocycles. The van der Waals surface area contributed by atoms with E-state index < -0.39 is 0 Å². The normalized spacial score (nSPS) is 17.3.